The van der Waals surface area contributed by atoms with Crippen molar-refractivity contribution >= 4 is 34.3 Å². The fourth-order valence-electron chi connectivity index (χ4n) is 1.25. The molecule has 15 heavy (non-hydrogen) atoms. The molecular weight excluding hydrogens is 218 g/mol. The number of ketones is 1. The van der Waals surface area contributed by atoms with Gasteiger partial charge in [0.15, 0.2) is 5.76 Å². The highest BCUT2D eigenvalue weighted by Gasteiger charge is 2.17. The number of halogens is 1. The molecule has 0 aliphatic heterocycles. The summed E-state index contributed by atoms with van der Waals surface area (Å²) in [6.45, 7) is 0. The topological polar surface area (TPSA) is 73.3 Å². The van der Waals surface area contributed by atoms with Crippen LogP contribution in [0.25, 0.3) is 11.0 Å². The molecule has 0 unspecified atom stereocenters. The van der Waals surface area contributed by atoms with E-state index in [9.17, 15) is 9.59 Å². The Morgan fingerprint density at radius 1 is 1.27 bits per heavy atom. The van der Waals surface area contributed by atoms with Crippen molar-refractivity contribution in [3.63, 3.8) is 0 Å². The van der Waals surface area contributed by atoms with Crippen LogP contribution in [-0.4, -0.2) is 11.7 Å². The summed E-state index contributed by atoms with van der Waals surface area (Å²) in [5.41, 5.74) is 5.34. The first-order valence-electron chi connectivity index (χ1n) is 4.11. The van der Waals surface area contributed by atoms with Crippen molar-refractivity contribution in [1.82, 2.24) is 0 Å². The zero-order chi connectivity index (χ0) is 11.0. The Morgan fingerprint density at radius 2 is 2.00 bits per heavy atom. The van der Waals surface area contributed by atoms with E-state index in [1.165, 1.54) is 6.07 Å². The van der Waals surface area contributed by atoms with Gasteiger partial charge in [-0.2, -0.15) is 0 Å². The molecule has 0 aliphatic carbocycles. The third-order valence-corrected chi connectivity index (χ3v) is 2.16. The molecule has 0 bridgehead atoms. The number of benzene rings is 1. The molecule has 0 fully saturated rings. The van der Waals surface area contributed by atoms with Gasteiger partial charge in [0, 0.05) is 10.4 Å². The normalized spacial score (nSPS) is 10.5. The van der Waals surface area contributed by atoms with Crippen LogP contribution in [0.2, 0.25) is 5.02 Å². The lowest BCUT2D eigenvalue weighted by atomic mass is 10.2. The lowest BCUT2D eigenvalue weighted by Crippen LogP contribution is -2.22. The smallest absolute Gasteiger partial charge is 0.293 e. The van der Waals surface area contributed by atoms with Gasteiger partial charge in [0.2, 0.25) is 0 Å². The molecule has 1 aromatic carbocycles. The van der Waals surface area contributed by atoms with Crippen LogP contribution in [0, 0.1) is 0 Å². The third-order valence-electron chi connectivity index (χ3n) is 1.93. The molecule has 4 nitrogen and oxygen atoms in total. The van der Waals surface area contributed by atoms with E-state index in [1.54, 1.807) is 18.2 Å². The van der Waals surface area contributed by atoms with Gasteiger partial charge in [-0.05, 0) is 24.3 Å². The minimum atomic E-state index is -1.04. The summed E-state index contributed by atoms with van der Waals surface area (Å²) < 4.78 is 5.14. The molecule has 1 amide bonds. The number of nitrogens with two attached hydrogens (primary N) is 1. The Kier molecular flexibility index (Phi) is 2.21. The van der Waals surface area contributed by atoms with Gasteiger partial charge in [0.05, 0.1) is 0 Å². The summed E-state index contributed by atoms with van der Waals surface area (Å²) in [7, 11) is 0. The van der Waals surface area contributed by atoms with Gasteiger partial charge in [0.1, 0.15) is 5.58 Å². The molecule has 1 aromatic heterocycles. The van der Waals surface area contributed by atoms with Gasteiger partial charge >= 0.3 is 0 Å². The molecule has 2 aromatic rings. The molecule has 0 aliphatic rings. The molecule has 76 valence electrons. The number of hydrogen-bond acceptors (Lipinski definition) is 3. The Bertz CT molecular complexity index is 559. The first kappa shape index (κ1) is 9.73. The predicted octanol–water partition coefficient (Wildman–Crippen LogP) is 1.75. The van der Waals surface area contributed by atoms with Crippen molar-refractivity contribution in [3.8, 4) is 0 Å². The highest BCUT2D eigenvalue weighted by Crippen LogP contribution is 2.23. The number of Topliss-reactive ketones (excluding diaryl/α,β-unsaturated/α-hetero) is 1. The molecule has 0 radical (unpaired) electrons. The number of carbonyl (C=O) groups is 2. The lowest BCUT2D eigenvalue weighted by molar-refractivity contribution is -0.114. The van der Waals surface area contributed by atoms with Crippen molar-refractivity contribution in [1.29, 1.82) is 0 Å². The van der Waals surface area contributed by atoms with Crippen molar-refractivity contribution in [2.75, 3.05) is 0 Å². The van der Waals surface area contributed by atoms with Crippen LogP contribution in [-0.2, 0) is 4.79 Å². The fourth-order valence-corrected chi connectivity index (χ4v) is 1.43. The highest BCUT2D eigenvalue weighted by atomic mass is 35.5. The maximum atomic E-state index is 11.2. The monoisotopic (exact) mass is 223 g/mol. The van der Waals surface area contributed by atoms with Crippen LogP contribution in [0.5, 0.6) is 0 Å². The molecular formula is C10H6ClNO3. The zero-order valence-corrected chi connectivity index (χ0v) is 8.25. The van der Waals surface area contributed by atoms with Gasteiger partial charge in [0.25, 0.3) is 11.7 Å². The van der Waals surface area contributed by atoms with E-state index in [0.29, 0.717) is 16.0 Å². The van der Waals surface area contributed by atoms with Crippen molar-refractivity contribution in [2.45, 2.75) is 0 Å². The van der Waals surface area contributed by atoms with Gasteiger partial charge in [-0.15, -0.1) is 0 Å². The molecule has 0 saturated heterocycles. The average molecular weight is 224 g/mol. The van der Waals surface area contributed by atoms with Crippen LogP contribution < -0.4 is 5.73 Å². The van der Waals surface area contributed by atoms with Crippen molar-refractivity contribution in [2.24, 2.45) is 5.73 Å². The Hall–Kier alpha value is -1.81. The number of hydrogen-bond donors (Lipinski definition) is 1. The Morgan fingerprint density at radius 3 is 2.67 bits per heavy atom. The maximum absolute atomic E-state index is 11.2. The number of fused-ring (bicyclic) bond motifs is 1. The summed E-state index contributed by atoms with van der Waals surface area (Å²) in [4.78, 5) is 21.8. The number of furan rings is 1. The first-order chi connectivity index (χ1) is 7.08. The van der Waals surface area contributed by atoms with E-state index >= 15 is 0 Å². The lowest BCUT2D eigenvalue weighted by Gasteiger charge is -1.88. The quantitative estimate of drug-likeness (QED) is 0.623. The SMILES string of the molecule is NC(=O)C(=O)c1cc2cc(Cl)ccc2o1. The van der Waals surface area contributed by atoms with E-state index in [4.69, 9.17) is 21.8 Å². The summed E-state index contributed by atoms with van der Waals surface area (Å²) >= 11 is 5.75. The van der Waals surface area contributed by atoms with Crippen LogP contribution in [0.4, 0.5) is 0 Å². The second kappa shape index (κ2) is 3.40. The summed E-state index contributed by atoms with van der Waals surface area (Å²) in [5, 5.41) is 1.19. The number of amides is 1. The summed E-state index contributed by atoms with van der Waals surface area (Å²) in [6.07, 6.45) is 0. The predicted molar refractivity (Wildman–Crippen MR) is 54.7 cm³/mol. The highest BCUT2D eigenvalue weighted by molar-refractivity contribution is 6.41. The molecule has 2 N–H and O–H groups in total. The second-order valence-corrected chi connectivity index (χ2v) is 3.42. The second-order valence-electron chi connectivity index (χ2n) is 2.99. The van der Waals surface area contributed by atoms with Gasteiger partial charge < -0.3 is 10.2 Å². The van der Waals surface area contributed by atoms with Crippen LogP contribution in [0.3, 0.4) is 0 Å². The third kappa shape index (κ3) is 1.71. The maximum Gasteiger partial charge on any atom is 0.293 e. The zero-order valence-electron chi connectivity index (χ0n) is 7.49. The molecule has 1 heterocycles. The summed E-state index contributed by atoms with van der Waals surface area (Å²) in [5.74, 6) is -1.96. The van der Waals surface area contributed by atoms with Crippen LogP contribution in [0.1, 0.15) is 10.6 Å². The van der Waals surface area contributed by atoms with Gasteiger partial charge in [-0.25, -0.2) is 0 Å². The van der Waals surface area contributed by atoms with Crippen molar-refractivity contribution < 1.29 is 14.0 Å². The minimum absolute atomic E-state index is 0.0697. The van der Waals surface area contributed by atoms with E-state index in [0.717, 1.165) is 0 Å². The standard InChI is InChI=1S/C10H6ClNO3/c11-6-1-2-7-5(3-6)4-8(15-7)9(13)10(12)14/h1-4H,(H2,12,14). The van der Waals surface area contributed by atoms with E-state index in [2.05, 4.69) is 0 Å². The Balaban J connectivity index is 2.56. The molecule has 0 atom stereocenters. The van der Waals surface area contributed by atoms with Crippen LogP contribution in [0.15, 0.2) is 28.7 Å². The van der Waals surface area contributed by atoms with Crippen molar-refractivity contribution in [3.05, 3.63) is 35.0 Å². The number of primary amides is 1. The van der Waals surface area contributed by atoms with E-state index in [1.807, 2.05) is 0 Å². The fraction of sp³-hybridized carbons (Fsp3) is 0. The van der Waals surface area contributed by atoms with Crippen LogP contribution >= 0.6 is 11.6 Å². The van der Waals surface area contributed by atoms with E-state index in [-0.39, 0.29) is 5.76 Å². The molecule has 5 heteroatoms. The minimum Gasteiger partial charge on any atom is -0.452 e. The number of rotatable bonds is 2. The van der Waals surface area contributed by atoms with Gasteiger partial charge in [-0.3, -0.25) is 9.59 Å². The Labute approximate surface area is 89.6 Å². The molecule has 0 saturated carbocycles. The molecule has 0 spiro atoms. The number of carbonyl (C=O) groups excluding carboxylic acids is 2. The molecule has 2 rings (SSSR count). The largest absolute Gasteiger partial charge is 0.452 e. The van der Waals surface area contributed by atoms with Gasteiger partial charge in [-0.1, -0.05) is 11.6 Å². The first-order valence-corrected chi connectivity index (χ1v) is 4.49. The summed E-state index contributed by atoms with van der Waals surface area (Å²) in [6, 6.07) is 6.33. The average Bonchev–Trinajstić information content (AvgIpc) is 2.58. The van der Waals surface area contributed by atoms with E-state index < -0.39 is 11.7 Å².